The summed E-state index contributed by atoms with van der Waals surface area (Å²) in [6, 6.07) is 2.12. The lowest BCUT2D eigenvalue weighted by Gasteiger charge is -2.25. The number of benzene rings is 1. The van der Waals surface area contributed by atoms with Crippen molar-refractivity contribution < 1.29 is 18.7 Å². The third kappa shape index (κ3) is 4.72. The van der Waals surface area contributed by atoms with Crippen molar-refractivity contribution in [1.29, 1.82) is 0 Å². The van der Waals surface area contributed by atoms with Crippen molar-refractivity contribution in [3.63, 3.8) is 0 Å². The molecule has 2 rings (SSSR count). The number of hydrogen-bond donors (Lipinski definition) is 3. The number of carbonyl (C=O) groups excluding carboxylic acids is 1. The SMILES string of the molecule is CC(Cn1cncn1)NC(=O)NCC(C)(O)c1ccc(F)cc1F. The number of aromatic nitrogens is 3. The number of nitrogens with one attached hydrogen (secondary N) is 2. The molecule has 7 nitrogen and oxygen atoms in total. The van der Waals surface area contributed by atoms with Gasteiger partial charge in [-0.1, -0.05) is 6.07 Å². The van der Waals surface area contributed by atoms with Gasteiger partial charge >= 0.3 is 6.03 Å². The predicted octanol–water partition coefficient (Wildman–Crippen LogP) is 1.15. The molecule has 2 atom stereocenters. The molecule has 0 spiro atoms. The molecule has 0 saturated heterocycles. The van der Waals surface area contributed by atoms with Crippen molar-refractivity contribution in [2.24, 2.45) is 0 Å². The van der Waals surface area contributed by atoms with E-state index >= 15 is 0 Å². The van der Waals surface area contributed by atoms with Gasteiger partial charge in [-0.05, 0) is 19.9 Å². The summed E-state index contributed by atoms with van der Waals surface area (Å²) in [4.78, 5) is 15.7. The molecule has 2 aromatic rings. The highest BCUT2D eigenvalue weighted by Gasteiger charge is 2.27. The summed E-state index contributed by atoms with van der Waals surface area (Å²) in [6.07, 6.45) is 2.92. The Balaban J connectivity index is 1.87. The summed E-state index contributed by atoms with van der Waals surface area (Å²) in [7, 11) is 0. The van der Waals surface area contributed by atoms with Crippen LogP contribution in [0.1, 0.15) is 19.4 Å². The van der Waals surface area contributed by atoms with Gasteiger partial charge in [-0.3, -0.25) is 4.68 Å². The zero-order valence-electron chi connectivity index (χ0n) is 13.3. The van der Waals surface area contributed by atoms with Gasteiger partial charge in [0, 0.05) is 17.7 Å². The number of aliphatic hydroxyl groups is 1. The van der Waals surface area contributed by atoms with E-state index in [9.17, 15) is 18.7 Å². The highest BCUT2D eigenvalue weighted by molar-refractivity contribution is 5.74. The number of carbonyl (C=O) groups is 1. The molecule has 0 saturated carbocycles. The van der Waals surface area contributed by atoms with E-state index in [-0.39, 0.29) is 18.2 Å². The van der Waals surface area contributed by atoms with Gasteiger partial charge in [0.2, 0.25) is 0 Å². The first-order valence-electron chi connectivity index (χ1n) is 7.32. The van der Waals surface area contributed by atoms with Gasteiger partial charge in [0.1, 0.15) is 29.9 Å². The number of urea groups is 1. The summed E-state index contributed by atoms with van der Waals surface area (Å²) < 4.78 is 28.2. The third-order valence-corrected chi connectivity index (χ3v) is 3.41. The predicted molar refractivity (Wildman–Crippen MR) is 81.9 cm³/mol. The molecule has 1 heterocycles. The topological polar surface area (TPSA) is 92.1 Å². The first-order chi connectivity index (χ1) is 11.3. The van der Waals surface area contributed by atoms with E-state index in [1.54, 1.807) is 11.6 Å². The van der Waals surface area contributed by atoms with Crippen molar-refractivity contribution in [1.82, 2.24) is 25.4 Å². The Bertz CT molecular complexity index is 691. The van der Waals surface area contributed by atoms with Crippen molar-refractivity contribution in [2.45, 2.75) is 32.0 Å². The molecule has 1 aromatic carbocycles. The second-order valence-corrected chi connectivity index (χ2v) is 5.74. The molecule has 3 N–H and O–H groups in total. The summed E-state index contributed by atoms with van der Waals surface area (Å²) in [5.74, 6) is -1.61. The number of halogens is 2. The second-order valence-electron chi connectivity index (χ2n) is 5.74. The van der Waals surface area contributed by atoms with E-state index in [0.717, 1.165) is 12.1 Å². The van der Waals surface area contributed by atoms with Gasteiger partial charge in [-0.15, -0.1) is 0 Å². The lowest BCUT2D eigenvalue weighted by molar-refractivity contribution is 0.0554. The molecule has 0 radical (unpaired) electrons. The van der Waals surface area contributed by atoms with Gasteiger partial charge in [-0.2, -0.15) is 5.10 Å². The van der Waals surface area contributed by atoms with Crippen molar-refractivity contribution >= 4 is 6.03 Å². The van der Waals surface area contributed by atoms with Crippen LogP contribution in [0.25, 0.3) is 0 Å². The van der Waals surface area contributed by atoms with Crippen LogP contribution in [-0.4, -0.2) is 38.5 Å². The first-order valence-corrected chi connectivity index (χ1v) is 7.32. The molecular formula is C15H19F2N5O2. The highest BCUT2D eigenvalue weighted by atomic mass is 19.1. The van der Waals surface area contributed by atoms with E-state index in [1.807, 2.05) is 0 Å². The van der Waals surface area contributed by atoms with Crippen molar-refractivity contribution in [2.75, 3.05) is 6.54 Å². The zero-order valence-corrected chi connectivity index (χ0v) is 13.3. The first kappa shape index (κ1) is 17.8. The molecule has 0 aliphatic carbocycles. The van der Waals surface area contributed by atoms with Crippen LogP contribution in [0.15, 0.2) is 30.9 Å². The summed E-state index contributed by atoms with van der Waals surface area (Å²) >= 11 is 0. The number of nitrogens with zero attached hydrogens (tertiary/aromatic N) is 3. The van der Waals surface area contributed by atoms with Crippen LogP contribution in [0.2, 0.25) is 0 Å². The lowest BCUT2D eigenvalue weighted by atomic mass is 9.95. The molecule has 2 unspecified atom stereocenters. The zero-order chi connectivity index (χ0) is 17.7. The molecule has 130 valence electrons. The minimum absolute atomic E-state index is 0.0973. The average molecular weight is 339 g/mol. The van der Waals surface area contributed by atoms with Crippen LogP contribution >= 0.6 is 0 Å². The highest BCUT2D eigenvalue weighted by Crippen LogP contribution is 2.23. The summed E-state index contributed by atoms with van der Waals surface area (Å²) in [6.45, 7) is 3.30. The smallest absolute Gasteiger partial charge is 0.315 e. The Labute approximate surface area is 137 Å². The van der Waals surface area contributed by atoms with E-state index in [1.165, 1.54) is 19.6 Å². The fraction of sp³-hybridized carbons (Fsp3) is 0.400. The van der Waals surface area contributed by atoms with Gasteiger partial charge in [0.15, 0.2) is 0 Å². The van der Waals surface area contributed by atoms with Gasteiger partial charge in [0.05, 0.1) is 13.1 Å². The number of amides is 2. The van der Waals surface area contributed by atoms with E-state index in [2.05, 4.69) is 20.7 Å². The lowest BCUT2D eigenvalue weighted by Crippen LogP contribution is -2.47. The molecule has 9 heteroatoms. The van der Waals surface area contributed by atoms with Crippen molar-refractivity contribution in [3.8, 4) is 0 Å². The molecule has 0 aliphatic heterocycles. The molecule has 0 aliphatic rings. The minimum atomic E-state index is -1.68. The van der Waals surface area contributed by atoms with Crippen molar-refractivity contribution in [3.05, 3.63) is 48.1 Å². The average Bonchev–Trinajstić information content (AvgIpc) is 2.97. The maximum absolute atomic E-state index is 13.7. The molecular weight excluding hydrogens is 320 g/mol. The van der Waals surface area contributed by atoms with Crippen LogP contribution in [0, 0.1) is 11.6 Å². The maximum Gasteiger partial charge on any atom is 0.315 e. The van der Waals surface area contributed by atoms with E-state index in [0.29, 0.717) is 12.6 Å². The molecule has 0 fully saturated rings. The second kappa shape index (κ2) is 7.35. The fourth-order valence-corrected chi connectivity index (χ4v) is 2.20. The van der Waals surface area contributed by atoms with Gasteiger partial charge in [0.25, 0.3) is 0 Å². The van der Waals surface area contributed by atoms with Crippen LogP contribution < -0.4 is 10.6 Å². The Kier molecular flexibility index (Phi) is 5.45. The van der Waals surface area contributed by atoms with E-state index in [4.69, 9.17) is 0 Å². The third-order valence-electron chi connectivity index (χ3n) is 3.41. The Morgan fingerprint density at radius 1 is 1.46 bits per heavy atom. The molecule has 24 heavy (non-hydrogen) atoms. The van der Waals surface area contributed by atoms with Gasteiger partial charge in [-0.25, -0.2) is 18.6 Å². The molecule has 2 amide bonds. The molecule has 1 aromatic heterocycles. The van der Waals surface area contributed by atoms with Crippen LogP contribution in [-0.2, 0) is 12.1 Å². The largest absolute Gasteiger partial charge is 0.383 e. The monoisotopic (exact) mass is 339 g/mol. The van der Waals surface area contributed by atoms with Crippen LogP contribution in [0.5, 0.6) is 0 Å². The van der Waals surface area contributed by atoms with Gasteiger partial charge < -0.3 is 15.7 Å². The Morgan fingerprint density at radius 3 is 2.83 bits per heavy atom. The Hall–Kier alpha value is -2.55. The maximum atomic E-state index is 13.7. The summed E-state index contributed by atoms with van der Waals surface area (Å²) in [5.41, 5.74) is -1.77. The number of hydrogen-bond acceptors (Lipinski definition) is 4. The van der Waals surface area contributed by atoms with Crippen LogP contribution in [0.4, 0.5) is 13.6 Å². The fourth-order valence-electron chi connectivity index (χ4n) is 2.20. The quantitative estimate of drug-likeness (QED) is 0.736. The van der Waals surface area contributed by atoms with E-state index < -0.39 is 23.3 Å². The minimum Gasteiger partial charge on any atom is -0.383 e. The normalized spacial score (nSPS) is 14.7. The van der Waals surface area contributed by atoms with Crippen LogP contribution in [0.3, 0.4) is 0 Å². The molecule has 0 bridgehead atoms. The number of rotatable bonds is 6. The Morgan fingerprint density at radius 2 is 2.21 bits per heavy atom. The summed E-state index contributed by atoms with van der Waals surface area (Å²) in [5, 5.41) is 19.4. The standard InChI is InChI=1S/C15H19F2N5O2/c1-10(6-22-9-18-8-20-22)21-14(23)19-7-15(2,24)12-4-3-11(16)5-13(12)17/h3-5,8-10,24H,6-7H2,1-2H3,(H2,19,21,23).